The van der Waals surface area contributed by atoms with E-state index in [2.05, 4.69) is 27.0 Å². The minimum absolute atomic E-state index is 0.738. The van der Waals surface area contributed by atoms with Gasteiger partial charge in [-0.2, -0.15) is 0 Å². The molecule has 1 heterocycles. The molecule has 76 valence electrons. The number of rotatable bonds is 2. The minimum Gasteiger partial charge on any atom is -0.399 e. The van der Waals surface area contributed by atoms with Crippen LogP contribution in [0.3, 0.4) is 0 Å². The summed E-state index contributed by atoms with van der Waals surface area (Å²) < 4.78 is 1.07. The monoisotopic (exact) mass is 280 g/mol. The molecule has 0 radical (unpaired) electrons. The summed E-state index contributed by atoms with van der Waals surface area (Å²) in [7, 11) is 0. The van der Waals surface area contributed by atoms with Crippen molar-refractivity contribution in [1.82, 2.24) is 4.98 Å². The maximum atomic E-state index is 5.68. The summed E-state index contributed by atoms with van der Waals surface area (Å²) in [6.45, 7) is 0. The molecule has 2 aromatic rings. The third-order valence-corrected chi connectivity index (χ3v) is 3.19. The second-order valence-electron chi connectivity index (χ2n) is 2.99. The van der Waals surface area contributed by atoms with Gasteiger partial charge in [-0.1, -0.05) is 33.8 Å². The number of nitrogen functional groups attached to an aromatic ring is 1. The first-order valence-corrected chi connectivity index (χ1v) is 6.00. The molecular formula is C11H9BrN2S. The molecule has 0 amide bonds. The molecule has 1 aromatic carbocycles. The number of halogens is 1. The topological polar surface area (TPSA) is 38.9 Å². The van der Waals surface area contributed by atoms with E-state index in [0.717, 1.165) is 20.1 Å². The summed E-state index contributed by atoms with van der Waals surface area (Å²) in [5.41, 5.74) is 6.42. The van der Waals surface area contributed by atoms with E-state index in [1.807, 2.05) is 24.3 Å². The van der Waals surface area contributed by atoms with Gasteiger partial charge < -0.3 is 5.73 Å². The van der Waals surface area contributed by atoms with Gasteiger partial charge in [-0.05, 0) is 30.3 Å². The number of nitrogens with zero attached hydrogens (tertiary/aromatic N) is 1. The molecule has 2 rings (SSSR count). The fraction of sp³-hybridized carbons (Fsp3) is 0. The van der Waals surface area contributed by atoms with Crippen LogP contribution in [0.2, 0.25) is 0 Å². The molecule has 4 heteroatoms. The van der Waals surface area contributed by atoms with Gasteiger partial charge in [-0.3, -0.25) is 0 Å². The number of benzene rings is 1. The summed E-state index contributed by atoms with van der Waals surface area (Å²) >= 11 is 5.03. The van der Waals surface area contributed by atoms with Crippen LogP contribution in [0, 0.1) is 0 Å². The van der Waals surface area contributed by atoms with Crippen LogP contribution in [0.25, 0.3) is 0 Å². The summed E-state index contributed by atoms with van der Waals surface area (Å²) in [5, 5.41) is 0.910. The molecule has 2 nitrogen and oxygen atoms in total. The SMILES string of the molecule is Nc1ccnc(Sc2cccc(Br)c2)c1. The molecule has 1 aromatic heterocycles. The van der Waals surface area contributed by atoms with Crippen LogP contribution in [0.1, 0.15) is 0 Å². The van der Waals surface area contributed by atoms with Crippen LogP contribution in [0.15, 0.2) is 57.0 Å². The highest BCUT2D eigenvalue weighted by molar-refractivity contribution is 9.10. The first kappa shape index (κ1) is 10.5. The van der Waals surface area contributed by atoms with E-state index < -0.39 is 0 Å². The third-order valence-electron chi connectivity index (χ3n) is 1.78. The zero-order valence-electron chi connectivity index (χ0n) is 7.85. The quantitative estimate of drug-likeness (QED) is 0.914. The van der Waals surface area contributed by atoms with E-state index in [1.54, 1.807) is 24.0 Å². The number of pyridine rings is 1. The van der Waals surface area contributed by atoms with Gasteiger partial charge in [0.2, 0.25) is 0 Å². The van der Waals surface area contributed by atoms with Crippen LogP contribution in [-0.2, 0) is 0 Å². The van der Waals surface area contributed by atoms with Gasteiger partial charge in [0.25, 0.3) is 0 Å². The molecule has 0 aliphatic carbocycles. The molecule has 0 atom stereocenters. The zero-order valence-corrected chi connectivity index (χ0v) is 10.3. The highest BCUT2D eigenvalue weighted by Gasteiger charge is 1.99. The van der Waals surface area contributed by atoms with Gasteiger partial charge >= 0.3 is 0 Å². The lowest BCUT2D eigenvalue weighted by molar-refractivity contribution is 1.13. The smallest absolute Gasteiger partial charge is 0.103 e. The second-order valence-corrected chi connectivity index (χ2v) is 5.00. The van der Waals surface area contributed by atoms with Crippen LogP contribution in [0.4, 0.5) is 5.69 Å². The normalized spacial score (nSPS) is 10.2. The Labute approximate surface area is 101 Å². The Balaban J connectivity index is 2.22. The number of aromatic nitrogens is 1. The van der Waals surface area contributed by atoms with Crippen LogP contribution < -0.4 is 5.73 Å². The van der Waals surface area contributed by atoms with Gasteiger partial charge in [0, 0.05) is 21.3 Å². The van der Waals surface area contributed by atoms with Crippen molar-refractivity contribution >= 4 is 33.4 Å². The molecule has 0 saturated carbocycles. The molecular weight excluding hydrogens is 272 g/mol. The van der Waals surface area contributed by atoms with Gasteiger partial charge in [-0.25, -0.2) is 4.98 Å². The third kappa shape index (κ3) is 2.97. The summed E-state index contributed by atoms with van der Waals surface area (Å²) in [6.07, 6.45) is 1.72. The van der Waals surface area contributed by atoms with Gasteiger partial charge in [-0.15, -0.1) is 0 Å². The molecule has 2 N–H and O–H groups in total. The van der Waals surface area contributed by atoms with Crippen molar-refractivity contribution in [3.05, 3.63) is 47.1 Å². The van der Waals surface area contributed by atoms with Crippen LogP contribution in [-0.4, -0.2) is 4.98 Å². The van der Waals surface area contributed by atoms with Crippen molar-refractivity contribution in [3.8, 4) is 0 Å². The van der Waals surface area contributed by atoms with E-state index in [0.29, 0.717) is 0 Å². The first-order valence-electron chi connectivity index (χ1n) is 4.39. The highest BCUT2D eigenvalue weighted by atomic mass is 79.9. The van der Waals surface area contributed by atoms with Crippen LogP contribution >= 0.6 is 27.7 Å². The molecule has 0 aliphatic heterocycles. The maximum absolute atomic E-state index is 5.68. The molecule has 0 saturated heterocycles. The summed E-state index contributed by atoms with van der Waals surface area (Å²) in [4.78, 5) is 5.37. The molecule has 0 bridgehead atoms. The lowest BCUT2D eigenvalue weighted by atomic mass is 10.4. The van der Waals surface area contributed by atoms with E-state index in [-0.39, 0.29) is 0 Å². The molecule has 0 fully saturated rings. The average molecular weight is 281 g/mol. The van der Waals surface area contributed by atoms with Crippen molar-refractivity contribution in [2.45, 2.75) is 9.92 Å². The lowest BCUT2D eigenvalue weighted by Crippen LogP contribution is -1.86. The van der Waals surface area contributed by atoms with Crippen molar-refractivity contribution in [2.75, 3.05) is 5.73 Å². The Hall–Kier alpha value is -1.00. The largest absolute Gasteiger partial charge is 0.399 e. The highest BCUT2D eigenvalue weighted by Crippen LogP contribution is 2.28. The Morgan fingerprint density at radius 2 is 2.07 bits per heavy atom. The van der Waals surface area contributed by atoms with Gasteiger partial charge in [0.05, 0.1) is 0 Å². The second kappa shape index (κ2) is 4.68. The number of hydrogen-bond donors (Lipinski definition) is 1. The van der Waals surface area contributed by atoms with Crippen LogP contribution in [0.5, 0.6) is 0 Å². The van der Waals surface area contributed by atoms with E-state index in [4.69, 9.17) is 5.73 Å². The predicted molar refractivity (Wildman–Crippen MR) is 66.9 cm³/mol. The van der Waals surface area contributed by atoms with Gasteiger partial charge in [0.1, 0.15) is 5.03 Å². The Morgan fingerprint density at radius 1 is 1.20 bits per heavy atom. The van der Waals surface area contributed by atoms with Crippen molar-refractivity contribution in [2.24, 2.45) is 0 Å². The molecule has 15 heavy (non-hydrogen) atoms. The Kier molecular flexibility index (Phi) is 3.28. The fourth-order valence-corrected chi connectivity index (χ4v) is 2.57. The van der Waals surface area contributed by atoms with E-state index >= 15 is 0 Å². The number of nitrogens with two attached hydrogens (primary N) is 1. The predicted octanol–water partition coefficient (Wildman–Crippen LogP) is 3.58. The fourth-order valence-electron chi connectivity index (χ4n) is 1.13. The lowest BCUT2D eigenvalue weighted by Gasteiger charge is -2.01. The average Bonchev–Trinajstić information content (AvgIpc) is 2.17. The zero-order chi connectivity index (χ0) is 10.7. The molecule has 0 aliphatic rings. The van der Waals surface area contributed by atoms with Gasteiger partial charge in [0.15, 0.2) is 0 Å². The van der Waals surface area contributed by atoms with Crippen molar-refractivity contribution in [3.63, 3.8) is 0 Å². The van der Waals surface area contributed by atoms with E-state index in [1.165, 1.54) is 0 Å². The Bertz CT molecular complexity index is 430. The summed E-state index contributed by atoms with van der Waals surface area (Å²) in [6, 6.07) is 11.7. The standard InChI is InChI=1S/C11H9BrN2S/c12-8-2-1-3-10(6-8)15-11-7-9(13)4-5-14-11/h1-7H,(H2,13,14). The van der Waals surface area contributed by atoms with Crippen molar-refractivity contribution in [1.29, 1.82) is 0 Å². The summed E-state index contributed by atoms with van der Waals surface area (Å²) in [5.74, 6) is 0. The number of hydrogen-bond acceptors (Lipinski definition) is 3. The molecule has 0 unspecified atom stereocenters. The first-order chi connectivity index (χ1) is 7.24. The van der Waals surface area contributed by atoms with Crippen molar-refractivity contribution < 1.29 is 0 Å². The Morgan fingerprint density at radius 3 is 2.80 bits per heavy atom. The number of anilines is 1. The maximum Gasteiger partial charge on any atom is 0.103 e. The van der Waals surface area contributed by atoms with E-state index in [9.17, 15) is 0 Å². The molecule has 0 spiro atoms. The minimum atomic E-state index is 0.738.